The Kier molecular flexibility index (Phi) is 4.11. The predicted octanol–water partition coefficient (Wildman–Crippen LogP) is 4.30. The van der Waals surface area contributed by atoms with Crippen molar-refractivity contribution in [1.29, 1.82) is 0 Å². The molecule has 0 saturated heterocycles. The molecule has 0 aliphatic heterocycles. The van der Waals surface area contributed by atoms with Crippen LogP contribution in [0.5, 0.6) is 0 Å². The molecule has 19 heavy (non-hydrogen) atoms. The van der Waals surface area contributed by atoms with Crippen LogP contribution in [-0.2, 0) is 6.54 Å². The van der Waals surface area contributed by atoms with Gasteiger partial charge in [0.15, 0.2) is 12.2 Å². The molecule has 1 heterocycles. The average Bonchev–Trinajstić information content (AvgIpc) is 2.73. The number of oxazole rings is 1. The van der Waals surface area contributed by atoms with Crippen molar-refractivity contribution in [1.82, 2.24) is 10.3 Å². The van der Waals surface area contributed by atoms with Gasteiger partial charge < -0.3 is 9.73 Å². The second-order valence-electron chi connectivity index (χ2n) is 5.69. The average molecular weight is 323 g/mol. The van der Waals surface area contributed by atoms with E-state index in [1.165, 1.54) is 12.0 Å². The Morgan fingerprint density at radius 1 is 1.32 bits per heavy atom. The van der Waals surface area contributed by atoms with E-state index in [9.17, 15) is 0 Å². The SMILES string of the molecule is Cc1cc(Br)ccc1-c1ocnc1CNC(C)(C)C. The van der Waals surface area contributed by atoms with Crippen molar-refractivity contribution >= 4 is 15.9 Å². The van der Waals surface area contributed by atoms with E-state index in [1.54, 1.807) is 0 Å². The molecule has 0 radical (unpaired) electrons. The topological polar surface area (TPSA) is 38.1 Å². The molecule has 4 heteroatoms. The maximum absolute atomic E-state index is 5.57. The third-order valence-corrected chi connectivity index (χ3v) is 3.35. The normalized spacial score (nSPS) is 11.8. The summed E-state index contributed by atoms with van der Waals surface area (Å²) in [6, 6.07) is 6.16. The summed E-state index contributed by atoms with van der Waals surface area (Å²) in [5.41, 5.74) is 3.26. The molecule has 1 N–H and O–H groups in total. The van der Waals surface area contributed by atoms with Gasteiger partial charge in [0.1, 0.15) is 5.69 Å². The third-order valence-electron chi connectivity index (χ3n) is 2.86. The first-order valence-electron chi connectivity index (χ1n) is 6.31. The second kappa shape index (κ2) is 5.47. The van der Waals surface area contributed by atoms with E-state index in [0.717, 1.165) is 21.5 Å². The maximum Gasteiger partial charge on any atom is 0.181 e. The molecule has 0 atom stereocenters. The van der Waals surface area contributed by atoms with Crippen molar-refractivity contribution in [3.63, 3.8) is 0 Å². The van der Waals surface area contributed by atoms with E-state index in [4.69, 9.17) is 4.42 Å². The zero-order valence-electron chi connectivity index (χ0n) is 11.7. The molecule has 102 valence electrons. The monoisotopic (exact) mass is 322 g/mol. The Morgan fingerprint density at radius 3 is 2.68 bits per heavy atom. The molecule has 1 aromatic heterocycles. The van der Waals surface area contributed by atoms with Crippen LogP contribution in [0.3, 0.4) is 0 Å². The summed E-state index contributed by atoms with van der Waals surface area (Å²) in [7, 11) is 0. The fraction of sp³-hybridized carbons (Fsp3) is 0.400. The third kappa shape index (κ3) is 3.67. The van der Waals surface area contributed by atoms with Gasteiger partial charge in [-0.25, -0.2) is 4.98 Å². The first-order chi connectivity index (χ1) is 8.87. The smallest absolute Gasteiger partial charge is 0.181 e. The first kappa shape index (κ1) is 14.3. The Bertz CT molecular complexity index is 570. The number of hydrogen-bond donors (Lipinski definition) is 1. The molecule has 0 spiro atoms. The molecular weight excluding hydrogens is 304 g/mol. The van der Waals surface area contributed by atoms with Crippen LogP contribution in [0.4, 0.5) is 0 Å². The number of halogens is 1. The number of nitrogens with zero attached hydrogens (tertiary/aromatic N) is 1. The van der Waals surface area contributed by atoms with Crippen LogP contribution in [0.2, 0.25) is 0 Å². The van der Waals surface area contributed by atoms with Gasteiger partial charge in [-0.05, 0) is 51.5 Å². The minimum Gasteiger partial charge on any atom is -0.443 e. The first-order valence-corrected chi connectivity index (χ1v) is 7.10. The molecule has 0 amide bonds. The van der Waals surface area contributed by atoms with E-state index < -0.39 is 0 Å². The van der Waals surface area contributed by atoms with Gasteiger partial charge in [-0.15, -0.1) is 0 Å². The zero-order chi connectivity index (χ0) is 14.0. The quantitative estimate of drug-likeness (QED) is 0.915. The number of nitrogens with one attached hydrogen (secondary N) is 1. The summed E-state index contributed by atoms with van der Waals surface area (Å²) in [6.07, 6.45) is 1.51. The number of aryl methyl sites for hydroxylation is 1. The minimum absolute atomic E-state index is 0.0605. The van der Waals surface area contributed by atoms with Gasteiger partial charge in [-0.2, -0.15) is 0 Å². The molecule has 0 saturated carbocycles. The minimum atomic E-state index is 0.0605. The Morgan fingerprint density at radius 2 is 2.05 bits per heavy atom. The summed E-state index contributed by atoms with van der Waals surface area (Å²) in [6.45, 7) is 9.18. The van der Waals surface area contributed by atoms with E-state index in [-0.39, 0.29) is 5.54 Å². The fourth-order valence-electron chi connectivity index (χ4n) is 1.84. The lowest BCUT2D eigenvalue weighted by Crippen LogP contribution is -2.35. The van der Waals surface area contributed by atoms with Crippen molar-refractivity contribution < 1.29 is 4.42 Å². The number of benzene rings is 1. The van der Waals surface area contributed by atoms with Crippen molar-refractivity contribution in [3.05, 3.63) is 40.3 Å². The lowest BCUT2D eigenvalue weighted by Gasteiger charge is -2.20. The van der Waals surface area contributed by atoms with Crippen LogP contribution in [0.15, 0.2) is 33.5 Å². The van der Waals surface area contributed by atoms with Gasteiger partial charge in [0.05, 0.1) is 0 Å². The summed E-state index contributed by atoms with van der Waals surface area (Å²) in [4.78, 5) is 4.32. The fourth-order valence-corrected chi connectivity index (χ4v) is 2.32. The Labute approximate surface area is 122 Å². The van der Waals surface area contributed by atoms with E-state index in [0.29, 0.717) is 6.54 Å². The molecular formula is C15H19BrN2O. The number of rotatable bonds is 3. The molecule has 2 aromatic rings. The second-order valence-corrected chi connectivity index (χ2v) is 6.61. The van der Waals surface area contributed by atoms with Crippen LogP contribution in [0.1, 0.15) is 32.0 Å². The highest BCUT2D eigenvalue weighted by molar-refractivity contribution is 9.10. The Hall–Kier alpha value is -1.13. The standard InChI is InChI=1S/C15H19BrN2O/c1-10-7-11(16)5-6-12(10)14-13(17-9-19-14)8-18-15(2,3)4/h5-7,9,18H,8H2,1-4H3. The van der Waals surface area contributed by atoms with Gasteiger partial charge in [0.25, 0.3) is 0 Å². The largest absolute Gasteiger partial charge is 0.443 e. The molecule has 2 rings (SSSR count). The number of hydrogen-bond acceptors (Lipinski definition) is 3. The lowest BCUT2D eigenvalue weighted by atomic mass is 10.0. The summed E-state index contributed by atoms with van der Waals surface area (Å²) in [5, 5.41) is 3.43. The van der Waals surface area contributed by atoms with Crippen LogP contribution < -0.4 is 5.32 Å². The van der Waals surface area contributed by atoms with Gasteiger partial charge in [0, 0.05) is 22.1 Å². The van der Waals surface area contributed by atoms with Crippen LogP contribution in [0, 0.1) is 6.92 Å². The predicted molar refractivity (Wildman–Crippen MR) is 81.0 cm³/mol. The van der Waals surface area contributed by atoms with Gasteiger partial charge >= 0.3 is 0 Å². The van der Waals surface area contributed by atoms with E-state index >= 15 is 0 Å². The lowest BCUT2D eigenvalue weighted by molar-refractivity contribution is 0.421. The molecule has 0 unspecified atom stereocenters. The highest BCUT2D eigenvalue weighted by Gasteiger charge is 2.16. The molecule has 1 aromatic carbocycles. The molecule has 3 nitrogen and oxygen atoms in total. The van der Waals surface area contributed by atoms with E-state index in [1.807, 2.05) is 6.07 Å². The molecule has 0 aliphatic carbocycles. The van der Waals surface area contributed by atoms with Crippen molar-refractivity contribution in [2.75, 3.05) is 0 Å². The van der Waals surface area contributed by atoms with Crippen molar-refractivity contribution in [2.24, 2.45) is 0 Å². The molecule has 0 fully saturated rings. The summed E-state index contributed by atoms with van der Waals surface area (Å²) in [5.74, 6) is 0.849. The van der Waals surface area contributed by atoms with Crippen molar-refractivity contribution in [2.45, 2.75) is 39.8 Å². The highest BCUT2D eigenvalue weighted by atomic mass is 79.9. The van der Waals surface area contributed by atoms with Crippen LogP contribution in [-0.4, -0.2) is 10.5 Å². The van der Waals surface area contributed by atoms with E-state index in [2.05, 4.69) is 66.1 Å². The van der Waals surface area contributed by atoms with Gasteiger partial charge in [0.2, 0.25) is 0 Å². The maximum atomic E-state index is 5.57. The molecule has 0 aliphatic rings. The number of aromatic nitrogens is 1. The Balaban J connectivity index is 2.28. The zero-order valence-corrected chi connectivity index (χ0v) is 13.3. The summed E-state index contributed by atoms with van der Waals surface area (Å²) < 4.78 is 6.64. The van der Waals surface area contributed by atoms with Crippen LogP contribution in [0.25, 0.3) is 11.3 Å². The molecule has 0 bridgehead atoms. The van der Waals surface area contributed by atoms with Gasteiger partial charge in [-0.3, -0.25) is 0 Å². The van der Waals surface area contributed by atoms with Crippen molar-refractivity contribution in [3.8, 4) is 11.3 Å². The van der Waals surface area contributed by atoms with Crippen LogP contribution >= 0.6 is 15.9 Å². The van der Waals surface area contributed by atoms with Gasteiger partial charge in [-0.1, -0.05) is 15.9 Å². The summed E-state index contributed by atoms with van der Waals surface area (Å²) >= 11 is 3.48. The highest BCUT2D eigenvalue weighted by Crippen LogP contribution is 2.28.